The summed E-state index contributed by atoms with van der Waals surface area (Å²) in [5, 5.41) is 18.2. The van der Waals surface area contributed by atoms with Crippen molar-refractivity contribution in [1.29, 1.82) is 0 Å². The van der Waals surface area contributed by atoms with E-state index in [0.29, 0.717) is 18.0 Å². The van der Waals surface area contributed by atoms with E-state index >= 15 is 0 Å². The molecule has 164 valence electrons. The molecule has 8 heteroatoms. The maximum atomic E-state index is 12.8. The van der Waals surface area contributed by atoms with Crippen LogP contribution in [0.3, 0.4) is 0 Å². The Hall–Kier alpha value is -2.90. The zero-order valence-electron chi connectivity index (χ0n) is 17.2. The summed E-state index contributed by atoms with van der Waals surface area (Å²) >= 11 is 5.97. The van der Waals surface area contributed by atoms with Crippen molar-refractivity contribution in [2.24, 2.45) is 0 Å². The van der Waals surface area contributed by atoms with Gasteiger partial charge in [0.2, 0.25) is 11.8 Å². The van der Waals surface area contributed by atoms with Crippen LogP contribution in [-0.2, 0) is 27.3 Å². The highest BCUT2D eigenvalue weighted by molar-refractivity contribution is 6.30. The Kier molecular flexibility index (Phi) is 7.65. The van der Waals surface area contributed by atoms with Crippen molar-refractivity contribution in [2.45, 2.75) is 44.3 Å². The van der Waals surface area contributed by atoms with E-state index in [1.54, 1.807) is 12.1 Å². The van der Waals surface area contributed by atoms with Crippen molar-refractivity contribution >= 4 is 29.4 Å². The van der Waals surface area contributed by atoms with Gasteiger partial charge in [0.1, 0.15) is 6.04 Å². The zero-order valence-corrected chi connectivity index (χ0v) is 18.0. The van der Waals surface area contributed by atoms with Gasteiger partial charge in [0.25, 0.3) is 0 Å². The molecule has 7 nitrogen and oxygen atoms in total. The lowest BCUT2D eigenvalue weighted by molar-refractivity contribution is -0.141. The van der Waals surface area contributed by atoms with Gasteiger partial charge in [-0.25, -0.2) is 0 Å². The molecule has 4 N–H and O–H groups in total. The van der Waals surface area contributed by atoms with Gasteiger partial charge in [0.15, 0.2) is 0 Å². The Morgan fingerprint density at radius 2 is 1.81 bits per heavy atom. The molecule has 0 fully saturated rings. The number of carboxylic acids is 1. The molecule has 0 aliphatic carbocycles. The Morgan fingerprint density at radius 3 is 2.48 bits per heavy atom. The minimum absolute atomic E-state index is 0.0421. The molecule has 2 aromatic carbocycles. The molecule has 0 saturated carbocycles. The van der Waals surface area contributed by atoms with E-state index in [-0.39, 0.29) is 30.8 Å². The third kappa shape index (κ3) is 6.29. The lowest BCUT2D eigenvalue weighted by Crippen LogP contribution is -2.48. The molecule has 0 bridgehead atoms. The molecule has 1 aliphatic heterocycles. The van der Waals surface area contributed by atoms with Gasteiger partial charge in [-0.05, 0) is 42.2 Å². The molecule has 0 aromatic heterocycles. The number of hydrogen-bond acceptors (Lipinski definition) is 4. The SMILES string of the molecule is C[C@@H](NC(=O)CC(CNC(=O)[C@@H]1Cc2ccccc2CN1)c1ccc(Cl)cc1)C(=O)O. The number of carbonyl (C=O) groups is 3. The number of nitrogens with one attached hydrogen (secondary N) is 3. The van der Waals surface area contributed by atoms with E-state index in [9.17, 15) is 14.4 Å². The first-order valence-corrected chi connectivity index (χ1v) is 10.6. The first-order chi connectivity index (χ1) is 14.8. The van der Waals surface area contributed by atoms with Gasteiger partial charge in [0.05, 0.1) is 6.04 Å². The van der Waals surface area contributed by atoms with Crippen LogP contribution in [0.5, 0.6) is 0 Å². The summed E-state index contributed by atoms with van der Waals surface area (Å²) in [7, 11) is 0. The first kappa shape index (κ1) is 22.8. The monoisotopic (exact) mass is 443 g/mol. The summed E-state index contributed by atoms with van der Waals surface area (Å²) in [6.45, 7) is 2.28. The number of halogens is 1. The molecule has 3 atom stereocenters. The fourth-order valence-corrected chi connectivity index (χ4v) is 3.74. The topological polar surface area (TPSA) is 108 Å². The van der Waals surface area contributed by atoms with Crippen LogP contribution in [0.25, 0.3) is 0 Å². The first-order valence-electron chi connectivity index (χ1n) is 10.2. The highest BCUT2D eigenvalue weighted by atomic mass is 35.5. The summed E-state index contributed by atoms with van der Waals surface area (Å²) in [6.07, 6.45) is 0.644. The molecule has 1 unspecified atom stereocenters. The highest BCUT2D eigenvalue weighted by Crippen LogP contribution is 2.22. The number of hydrogen-bond donors (Lipinski definition) is 4. The summed E-state index contributed by atoms with van der Waals surface area (Å²) in [4.78, 5) is 36.2. The van der Waals surface area contributed by atoms with Crippen LogP contribution in [0, 0.1) is 0 Å². The lowest BCUT2D eigenvalue weighted by Gasteiger charge is -2.26. The van der Waals surface area contributed by atoms with Gasteiger partial charge in [-0.2, -0.15) is 0 Å². The molecule has 0 spiro atoms. The smallest absolute Gasteiger partial charge is 0.325 e. The maximum absolute atomic E-state index is 12.8. The van der Waals surface area contributed by atoms with Gasteiger partial charge in [-0.3, -0.25) is 14.4 Å². The third-order valence-electron chi connectivity index (χ3n) is 5.44. The Bertz CT molecular complexity index is 948. The van der Waals surface area contributed by atoms with Crippen molar-refractivity contribution in [1.82, 2.24) is 16.0 Å². The minimum atomic E-state index is -1.10. The van der Waals surface area contributed by atoms with E-state index in [4.69, 9.17) is 16.7 Å². The van der Waals surface area contributed by atoms with E-state index < -0.39 is 17.9 Å². The lowest BCUT2D eigenvalue weighted by atomic mass is 9.93. The van der Waals surface area contributed by atoms with Crippen LogP contribution >= 0.6 is 11.6 Å². The Morgan fingerprint density at radius 1 is 1.13 bits per heavy atom. The van der Waals surface area contributed by atoms with Crippen LogP contribution in [-0.4, -0.2) is 41.5 Å². The number of amides is 2. The Labute approximate surface area is 186 Å². The molecule has 0 radical (unpaired) electrons. The van der Waals surface area contributed by atoms with Crippen molar-refractivity contribution in [3.8, 4) is 0 Å². The quantitative estimate of drug-likeness (QED) is 0.500. The predicted octanol–water partition coefficient (Wildman–Crippen LogP) is 2.23. The second-order valence-corrected chi connectivity index (χ2v) is 8.17. The largest absolute Gasteiger partial charge is 0.480 e. The fraction of sp³-hybridized carbons (Fsp3) is 0.348. The fourth-order valence-electron chi connectivity index (χ4n) is 3.62. The molecular formula is C23H26ClN3O4. The van der Waals surface area contributed by atoms with E-state index in [0.717, 1.165) is 11.1 Å². The second-order valence-electron chi connectivity index (χ2n) is 7.73. The summed E-state index contributed by atoms with van der Waals surface area (Å²) in [6, 6.07) is 13.8. The van der Waals surface area contributed by atoms with Gasteiger partial charge in [0, 0.05) is 30.5 Å². The number of benzene rings is 2. The number of aliphatic carboxylic acids is 1. The second kappa shape index (κ2) is 10.4. The number of rotatable bonds is 8. The van der Waals surface area contributed by atoms with Gasteiger partial charge in [-0.1, -0.05) is 48.0 Å². The van der Waals surface area contributed by atoms with E-state index in [1.807, 2.05) is 36.4 Å². The summed E-state index contributed by atoms with van der Waals surface area (Å²) in [5.74, 6) is -1.95. The molecule has 1 heterocycles. The normalized spacial score (nSPS) is 17.2. The third-order valence-corrected chi connectivity index (χ3v) is 5.69. The van der Waals surface area contributed by atoms with Crippen LogP contribution in [0.4, 0.5) is 0 Å². The minimum Gasteiger partial charge on any atom is -0.480 e. The predicted molar refractivity (Wildman–Crippen MR) is 118 cm³/mol. The van der Waals surface area contributed by atoms with Crippen LogP contribution < -0.4 is 16.0 Å². The summed E-state index contributed by atoms with van der Waals surface area (Å²) in [5.41, 5.74) is 3.18. The molecule has 0 saturated heterocycles. The molecule has 31 heavy (non-hydrogen) atoms. The number of carbonyl (C=O) groups excluding carboxylic acids is 2. The van der Waals surface area contributed by atoms with Crippen LogP contribution in [0.2, 0.25) is 5.02 Å². The molecule has 1 aliphatic rings. The average Bonchev–Trinajstić information content (AvgIpc) is 2.76. The van der Waals surface area contributed by atoms with Gasteiger partial charge < -0.3 is 21.1 Å². The average molecular weight is 444 g/mol. The van der Waals surface area contributed by atoms with Crippen LogP contribution in [0.15, 0.2) is 48.5 Å². The van der Waals surface area contributed by atoms with Crippen LogP contribution in [0.1, 0.15) is 36.0 Å². The highest BCUT2D eigenvalue weighted by Gasteiger charge is 2.25. The molecule has 2 aromatic rings. The standard InChI is InChI=1S/C23H26ClN3O4/c1-14(23(30)31)27-21(28)11-18(15-6-8-19(24)9-7-15)13-26-22(29)20-10-16-4-2-3-5-17(16)12-25-20/h2-9,14,18,20,25H,10-13H2,1H3,(H,26,29)(H,27,28)(H,30,31)/t14-,18?,20+/m1/s1. The van der Waals surface area contributed by atoms with Crippen molar-refractivity contribution in [3.63, 3.8) is 0 Å². The molecule has 2 amide bonds. The zero-order chi connectivity index (χ0) is 22.4. The van der Waals surface area contributed by atoms with Gasteiger partial charge >= 0.3 is 5.97 Å². The Balaban J connectivity index is 1.64. The number of fused-ring (bicyclic) bond motifs is 1. The number of carboxylic acid groups (broad SMARTS) is 1. The molecular weight excluding hydrogens is 418 g/mol. The van der Waals surface area contributed by atoms with Crippen molar-refractivity contribution in [2.75, 3.05) is 6.54 Å². The van der Waals surface area contributed by atoms with Gasteiger partial charge in [-0.15, -0.1) is 0 Å². The summed E-state index contributed by atoms with van der Waals surface area (Å²) < 4.78 is 0. The molecule has 3 rings (SSSR count). The van der Waals surface area contributed by atoms with Crippen molar-refractivity contribution in [3.05, 3.63) is 70.2 Å². The van der Waals surface area contributed by atoms with E-state index in [1.165, 1.54) is 12.5 Å². The van der Waals surface area contributed by atoms with E-state index in [2.05, 4.69) is 16.0 Å². The van der Waals surface area contributed by atoms with Crippen molar-refractivity contribution < 1.29 is 19.5 Å². The maximum Gasteiger partial charge on any atom is 0.325 e.